The molecule has 0 atom stereocenters. The topological polar surface area (TPSA) is 108 Å². The molecule has 0 radical (unpaired) electrons. The van der Waals surface area contributed by atoms with Gasteiger partial charge in [-0.25, -0.2) is 24.8 Å². The van der Waals surface area contributed by atoms with Gasteiger partial charge in [0.25, 0.3) is 0 Å². The van der Waals surface area contributed by atoms with Crippen molar-refractivity contribution in [3.8, 4) is 96.8 Å². The number of nitriles is 2. The van der Waals surface area contributed by atoms with E-state index in [0.717, 1.165) is 72.3 Å². The summed E-state index contributed by atoms with van der Waals surface area (Å²) in [7, 11) is 0. The second kappa shape index (κ2) is 17.1. The third-order valence-electron chi connectivity index (χ3n) is 11.9. The average Bonchev–Trinajstić information content (AvgIpc) is 3.74. The Hall–Kier alpha value is -9.81. The summed E-state index contributed by atoms with van der Waals surface area (Å²) in [5.74, 6) is 1.08. The van der Waals surface area contributed by atoms with Crippen LogP contribution in [0.25, 0.3) is 111 Å². The van der Waals surface area contributed by atoms with Crippen molar-refractivity contribution in [2.24, 2.45) is 0 Å². The zero-order valence-corrected chi connectivity index (χ0v) is 35.7. The molecule has 310 valence electrons. The summed E-state index contributed by atoms with van der Waals surface area (Å²) in [5, 5.41) is 22.7. The van der Waals surface area contributed by atoms with E-state index in [0.29, 0.717) is 51.0 Å². The molecule has 0 fully saturated rings. The van der Waals surface area contributed by atoms with E-state index in [1.807, 2.05) is 176 Å². The first-order chi connectivity index (χ1) is 33.0. The van der Waals surface area contributed by atoms with Crippen LogP contribution in [0, 0.1) is 29.2 Å². The zero-order chi connectivity index (χ0) is 45.3. The van der Waals surface area contributed by atoms with Crippen LogP contribution in [-0.2, 0) is 0 Å². The molecule has 0 N–H and O–H groups in total. The molecule has 8 heteroatoms. The van der Waals surface area contributed by atoms with Crippen LogP contribution in [-0.4, -0.2) is 24.5 Å². The summed E-state index contributed by atoms with van der Waals surface area (Å²) < 4.78 is 2.25. The molecule has 0 aliphatic carbocycles. The molecule has 8 nitrogen and oxygen atoms in total. The molecule has 0 unspecified atom stereocenters. The van der Waals surface area contributed by atoms with Crippen LogP contribution in [0.1, 0.15) is 11.1 Å². The number of rotatable bonds is 8. The van der Waals surface area contributed by atoms with Gasteiger partial charge in [0, 0.05) is 49.7 Å². The average molecular weight is 855 g/mol. The van der Waals surface area contributed by atoms with Crippen molar-refractivity contribution in [1.82, 2.24) is 24.5 Å². The maximum absolute atomic E-state index is 10.9. The normalized spacial score (nSPS) is 10.9. The molecule has 0 saturated heterocycles. The van der Waals surface area contributed by atoms with Crippen molar-refractivity contribution < 1.29 is 0 Å². The fourth-order valence-corrected chi connectivity index (χ4v) is 8.75. The molecular formula is C59H34N8. The van der Waals surface area contributed by atoms with Crippen LogP contribution in [0.4, 0.5) is 5.69 Å². The minimum Gasteiger partial charge on any atom is -0.308 e. The van der Waals surface area contributed by atoms with E-state index in [9.17, 15) is 10.5 Å². The minimum atomic E-state index is 0.396. The van der Waals surface area contributed by atoms with Crippen molar-refractivity contribution in [2.45, 2.75) is 0 Å². The maximum Gasteiger partial charge on any atom is 0.189 e. The Kier molecular flexibility index (Phi) is 10.2. The summed E-state index contributed by atoms with van der Waals surface area (Å²) in [5.41, 5.74) is 13.0. The summed E-state index contributed by atoms with van der Waals surface area (Å²) in [6.45, 7) is 7.75. The molecule has 0 bridgehead atoms. The van der Waals surface area contributed by atoms with Gasteiger partial charge in [0.2, 0.25) is 0 Å². The standard InChI is InChI=1S/C59H34N8/c1-62-46-29-38(36-60)28-45(32-46)44-26-27-56-48(33-44)47-24-14-15-25-55(47)67(56)57-49(53-34-51(40-16-6-2-7-17-40)63-58(65-53)42-20-10-4-11-21-42)30-39(37-61)31-50(57)54-35-52(41-18-8-3-9-19-41)64-59(66-54)43-22-12-5-13-23-43/h2-35H. The number of aromatic nitrogens is 5. The maximum atomic E-state index is 10.9. The Morgan fingerprint density at radius 2 is 0.851 bits per heavy atom. The number of fused-ring (bicyclic) bond motifs is 3. The minimum absolute atomic E-state index is 0.396. The van der Waals surface area contributed by atoms with Crippen molar-refractivity contribution >= 4 is 27.5 Å². The first-order valence-corrected chi connectivity index (χ1v) is 21.6. The summed E-state index contributed by atoms with van der Waals surface area (Å²) in [6.07, 6.45) is 0. The highest BCUT2D eigenvalue weighted by Crippen LogP contribution is 2.44. The van der Waals surface area contributed by atoms with Gasteiger partial charge in [-0.2, -0.15) is 10.5 Å². The van der Waals surface area contributed by atoms with Crippen molar-refractivity contribution in [3.63, 3.8) is 0 Å². The fraction of sp³-hybridized carbons (Fsp3) is 0. The molecule has 0 saturated carbocycles. The Labute approximate surface area is 386 Å². The van der Waals surface area contributed by atoms with Gasteiger partial charge in [-0.1, -0.05) is 146 Å². The Morgan fingerprint density at radius 3 is 1.37 bits per heavy atom. The van der Waals surface area contributed by atoms with Crippen molar-refractivity contribution in [3.05, 3.63) is 229 Å². The van der Waals surface area contributed by atoms with Gasteiger partial charge < -0.3 is 4.57 Å². The molecule has 0 amide bonds. The number of hydrogen-bond donors (Lipinski definition) is 0. The van der Waals surface area contributed by atoms with Gasteiger partial charge in [-0.15, -0.1) is 0 Å². The summed E-state index contributed by atoms with van der Waals surface area (Å²) in [6, 6.07) is 72.2. The lowest BCUT2D eigenvalue weighted by Gasteiger charge is -2.20. The lowest BCUT2D eigenvalue weighted by atomic mass is 9.95. The lowest BCUT2D eigenvalue weighted by Crippen LogP contribution is -2.05. The molecule has 8 aromatic carbocycles. The van der Waals surface area contributed by atoms with E-state index in [1.165, 1.54) is 0 Å². The van der Waals surface area contributed by atoms with Crippen LogP contribution < -0.4 is 0 Å². The predicted octanol–water partition coefficient (Wildman–Crippen LogP) is 14.3. The molecular weight excluding hydrogens is 821 g/mol. The van der Waals surface area contributed by atoms with E-state index in [4.69, 9.17) is 26.5 Å². The van der Waals surface area contributed by atoms with Gasteiger partial charge in [0.1, 0.15) is 0 Å². The quantitative estimate of drug-likeness (QED) is 0.141. The van der Waals surface area contributed by atoms with E-state index in [-0.39, 0.29) is 0 Å². The molecule has 0 aliphatic heterocycles. The monoisotopic (exact) mass is 854 g/mol. The molecule has 3 aromatic heterocycles. The van der Waals surface area contributed by atoms with Gasteiger partial charge in [0.15, 0.2) is 17.3 Å². The van der Waals surface area contributed by atoms with Gasteiger partial charge in [-0.3, -0.25) is 0 Å². The fourth-order valence-electron chi connectivity index (χ4n) is 8.75. The number of hydrogen-bond acceptors (Lipinski definition) is 6. The first kappa shape index (κ1) is 40.0. The second-order valence-corrected chi connectivity index (χ2v) is 16.0. The van der Waals surface area contributed by atoms with Crippen LogP contribution in [0.5, 0.6) is 0 Å². The third-order valence-corrected chi connectivity index (χ3v) is 11.9. The number of para-hydroxylation sites is 1. The van der Waals surface area contributed by atoms with Gasteiger partial charge in [0.05, 0.1) is 63.8 Å². The SMILES string of the molecule is [C-]#[N+]c1cc(C#N)cc(-c2ccc3c(c2)c2ccccc2n3-c2c(-c3cc(-c4ccccc4)nc(-c4ccccc4)n3)cc(C#N)cc2-c2cc(-c3ccccc3)nc(-c3ccccc3)n2)c1. The van der Waals surface area contributed by atoms with E-state index in [2.05, 4.69) is 45.8 Å². The lowest BCUT2D eigenvalue weighted by molar-refractivity contribution is 1.14. The van der Waals surface area contributed by atoms with Crippen LogP contribution >= 0.6 is 0 Å². The summed E-state index contributed by atoms with van der Waals surface area (Å²) in [4.78, 5) is 24.6. The highest BCUT2D eigenvalue weighted by Gasteiger charge is 2.25. The van der Waals surface area contributed by atoms with Crippen molar-refractivity contribution in [1.29, 1.82) is 10.5 Å². The largest absolute Gasteiger partial charge is 0.308 e. The van der Waals surface area contributed by atoms with Crippen molar-refractivity contribution in [2.75, 3.05) is 0 Å². The highest BCUT2D eigenvalue weighted by molar-refractivity contribution is 6.12. The first-order valence-electron chi connectivity index (χ1n) is 21.6. The summed E-state index contributed by atoms with van der Waals surface area (Å²) >= 11 is 0. The van der Waals surface area contributed by atoms with E-state index in [1.54, 1.807) is 6.07 Å². The molecule has 67 heavy (non-hydrogen) atoms. The van der Waals surface area contributed by atoms with Crippen LogP contribution in [0.2, 0.25) is 0 Å². The Bertz CT molecular complexity index is 3530. The molecule has 11 aromatic rings. The van der Waals surface area contributed by atoms with Crippen LogP contribution in [0.15, 0.2) is 206 Å². The molecule has 11 rings (SSSR count). The van der Waals surface area contributed by atoms with E-state index < -0.39 is 0 Å². The number of benzene rings is 8. The second-order valence-electron chi connectivity index (χ2n) is 16.0. The smallest absolute Gasteiger partial charge is 0.189 e. The number of nitrogens with zero attached hydrogens (tertiary/aromatic N) is 8. The Balaban J connectivity index is 1.27. The van der Waals surface area contributed by atoms with Crippen LogP contribution in [0.3, 0.4) is 0 Å². The predicted molar refractivity (Wildman–Crippen MR) is 266 cm³/mol. The zero-order valence-electron chi connectivity index (χ0n) is 35.7. The highest BCUT2D eigenvalue weighted by atomic mass is 15.0. The Morgan fingerprint density at radius 1 is 0.388 bits per heavy atom. The van der Waals surface area contributed by atoms with E-state index >= 15 is 0 Å². The molecule has 3 heterocycles. The third kappa shape index (κ3) is 7.51. The molecule has 0 aliphatic rings. The van der Waals surface area contributed by atoms with Gasteiger partial charge in [-0.05, 0) is 71.8 Å². The molecule has 0 spiro atoms. The van der Waals surface area contributed by atoms with Gasteiger partial charge >= 0.3 is 0 Å².